The minimum atomic E-state index is -5.33. The van der Waals surface area contributed by atoms with Gasteiger partial charge in [0.1, 0.15) is 0 Å². The van der Waals surface area contributed by atoms with Crippen molar-refractivity contribution in [2.45, 2.75) is 17.3 Å². The predicted octanol–water partition coefficient (Wildman–Crippen LogP) is 2.92. The van der Waals surface area contributed by atoms with Crippen molar-refractivity contribution in [1.29, 1.82) is 0 Å². The van der Waals surface area contributed by atoms with Crippen LogP contribution in [-0.2, 0) is 4.74 Å². The summed E-state index contributed by atoms with van der Waals surface area (Å²) in [5, 5.41) is 0. The van der Waals surface area contributed by atoms with E-state index in [1.165, 1.54) is 0 Å². The fourth-order valence-electron chi connectivity index (χ4n) is 0.184. The summed E-state index contributed by atoms with van der Waals surface area (Å²) in [7, 11) is 0. The van der Waals surface area contributed by atoms with Crippen LogP contribution in [0.1, 0.15) is 0 Å². The summed E-state index contributed by atoms with van der Waals surface area (Å²) in [4.78, 5) is 0. The van der Waals surface area contributed by atoms with E-state index in [0.717, 1.165) is 0 Å². The molecule has 0 bridgehead atoms. The highest BCUT2D eigenvalue weighted by Gasteiger charge is 2.46. The monoisotopic (exact) mass is 218 g/mol. The first-order valence-electron chi connectivity index (χ1n) is 2.08. The summed E-state index contributed by atoms with van der Waals surface area (Å²) in [5.74, 6) is 0. The number of ether oxygens (including phenoxy) is 1. The molecule has 1 nitrogen and oxygen atoms in total. The molecule has 0 saturated carbocycles. The van der Waals surface area contributed by atoms with Crippen LogP contribution in [-0.4, -0.2) is 17.3 Å². The molecule has 0 fully saturated rings. The van der Waals surface area contributed by atoms with Crippen molar-refractivity contribution in [2.75, 3.05) is 0 Å². The van der Waals surface area contributed by atoms with Gasteiger partial charge in [0.25, 0.3) is 6.36 Å². The molecule has 1 atom stereocenters. The zero-order chi connectivity index (χ0) is 9.28. The molecule has 0 spiro atoms. The maximum absolute atomic E-state index is 11.7. The van der Waals surface area contributed by atoms with Crippen LogP contribution in [0.3, 0.4) is 0 Å². The van der Waals surface area contributed by atoms with E-state index >= 15 is 0 Å². The highest BCUT2D eigenvalue weighted by atomic mass is 35.5. The molecule has 11 heavy (non-hydrogen) atoms. The standard InChI is InChI=1S/C3HCl2F5O/c4-3(5,10)11-1(6)2(7,8)9/h1H/t1-/m0/s1. The second-order valence-electron chi connectivity index (χ2n) is 1.42. The molecule has 0 aliphatic heterocycles. The van der Waals surface area contributed by atoms with Gasteiger partial charge in [-0.3, -0.25) is 4.74 Å². The Morgan fingerprint density at radius 3 is 1.55 bits per heavy atom. The van der Waals surface area contributed by atoms with Crippen LogP contribution in [0.25, 0.3) is 0 Å². The maximum atomic E-state index is 11.7. The predicted molar refractivity (Wildman–Crippen MR) is 27.6 cm³/mol. The smallest absolute Gasteiger partial charge is 0.278 e. The summed E-state index contributed by atoms with van der Waals surface area (Å²) in [6.07, 6.45) is -9.16. The van der Waals surface area contributed by atoms with Crippen molar-refractivity contribution in [3.05, 3.63) is 0 Å². The zero-order valence-electron chi connectivity index (χ0n) is 4.63. The Hall–Kier alpha value is 0.190. The lowest BCUT2D eigenvalue weighted by atomic mass is 10.7. The molecule has 0 unspecified atom stereocenters. The summed E-state index contributed by atoms with van der Waals surface area (Å²) in [5.41, 5.74) is 0. The summed E-state index contributed by atoms with van der Waals surface area (Å²) in [6.45, 7) is 0. The van der Waals surface area contributed by atoms with Crippen molar-refractivity contribution in [3.63, 3.8) is 0 Å². The van der Waals surface area contributed by atoms with Crippen LogP contribution >= 0.6 is 23.2 Å². The Labute approximate surface area is 68.0 Å². The molecule has 0 heterocycles. The molecule has 0 aromatic carbocycles. The van der Waals surface area contributed by atoms with E-state index in [1.807, 2.05) is 0 Å². The first kappa shape index (κ1) is 11.2. The number of rotatable bonds is 2. The third kappa shape index (κ3) is 5.46. The van der Waals surface area contributed by atoms with Crippen molar-refractivity contribution in [2.24, 2.45) is 0 Å². The summed E-state index contributed by atoms with van der Waals surface area (Å²) >= 11 is 8.54. The Balaban J connectivity index is 3.99. The lowest BCUT2D eigenvalue weighted by molar-refractivity contribution is -0.287. The number of hydrogen-bond donors (Lipinski definition) is 0. The van der Waals surface area contributed by atoms with Gasteiger partial charge in [-0.15, -0.1) is 0 Å². The second kappa shape index (κ2) is 3.28. The van der Waals surface area contributed by atoms with E-state index in [-0.39, 0.29) is 0 Å². The van der Waals surface area contributed by atoms with E-state index in [4.69, 9.17) is 0 Å². The third-order valence-corrected chi connectivity index (χ3v) is 0.673. The van der Waals surface area contributed by atoms with Crippen LogP contribution in [0.5, 0.6) is 0 Å². The Morgan fingerprint density at radius 2 is 1.45 bits per heavy atom. The van der Waals surface area contributed by atoms with E-state index in [1.54, 1.807) is 0 Å². The molecule has 0 aliphatic rings. The molecule has 0 amide bonds. The second-order valence-corrected chi connectivity index (χ2v) is 2.59. The van der Waals surface area contributed by atoms with E-state index < -0.39 is 17.3 Å². The van der Waals surface area contributed by atoms with Crippen LogP contribution in [0, 0.1) is 0 Å². The van der Waals surface area contributed by atoms with Crippen LogP contribution in [0.4, 0.5) is 22.0 Å². The van der Waals surface area contributed by atoms with Gasteiger partial charge >= 0.3 is 10.9 Å². The molecule has 0 aromatic rings. The van der Waals surface area contributed by atoms with Gasteiger partial charge in [0.2, 0.25) is 0 Å². The molecule has 8 heteroatoms. The van der Waals surface area contributed by atoms with Crippen molar-refractivity contribution in [3.8, 4) is 0 Å². The molecule has 0 radical (unpaired) electrons. The topological polar surface area (TPSA) is 9.23 Å². The van der Waals surface area contributed by atoms with Crippen molar-refractivity contribution >= 4 is 23.2 Å². The van der Waals surface area contributed by atoms with Crippen LogP contribution in [0.15, 0.2) is 0 Å². The minimum Gasteiger partial charge on any atom is -0.278 e. The lowest BCUT2D eigenvalue weighted by Gasteiger charge is -2.16. The minimum absolute atomic E-state index is 2.87. The number of alkyl halides is 7. The van der Waals surface area contributed by atoms with Gasteiger partial charge in [0, 0.05) is 0 Å². The largest absolute Gasteiger partial charge is 0.445 e. The molecular weight excluding hydrogens is 218 g/mol. The molecule has 0 rings (SSSR count). The highest BCUT2D eigenvalue weighted by Crippen LogP contribution is 2.32. The summed E-state index contributed by atoms with van der Waals surface area (Å²) < 4.78 is 56.2. The molecule has 0 aliphatic carbocycles. The maximum Gasteiger partial charge on any atom is 0.445 e. The lowest BCUT2D eigenvalue weighted by Crippen LogP contribution is -2.31. The number of halogens is 7. The van der Waals surface area contributed by atoms with E-state index in [9.17, 15) is 22.0 Å². The van der Waals surface area contributed by atoms with Gasteiger partial charge in [0.15, 0.2) is 0 Å². The molecule has 0 saturated heterocycles. The summed E-state index contributed by atoms with van der Waals surface area (Å²) in [6, 6.07) is 0. The van der Waals surface area contributed by atoms with E-state index in [0.29, 0.717) is 0 Å². The first-order chi connectivity index (χ1) is 4.63. The normalized spacial score (nSPS) is 16.6. The Kier molecular flexibility index (Phi) is 3.34. The fourth-order valence-corrected chi connectivity index (χ4v) is 0.341. The van der Waals surface area contributed by atoms with Gasteiger partial charge in [0.05, 0.1) is 0 Å². The van der Waals surface area contributed by atoms with E-state index in [2.05, 4.69) is 27.9 Å². The van der Waals surface area contributed by atoms with Crippen LogP contribution in [0.2, 0.25) is 0 Å². The molecular formula is C3HCl2F5O. The molecule has 0 aromatic heterocycles. The van der Waals surface area contributed by atoms with Crippen LogP contribution < -0.4 is 0 Å². The van der Waals surface area contributed by atoms with Crippen molar-refractivity contribution < 1.29 is 26.7 Å². The van der Waals surface area contributed by atoms with Gasteiger partial charge in [-0.05, 0) is 23.2 Å². The average Bonchev–Trinajstić information content (AvgIpc) is 1.56. The first-order valence-corrected chi connectivity index (χ1v) is 2.84. The SMILES string of the molecule is F[C@@H](OC(F)(Cl)Cl)C(F)(F)F. The molecule has 0 N–H and O–H groups in total. The van der Waals surface area contributed by atoms with Gasteiger partial charge in [-0.2, -0.15) is 17.6 Å². The van der Waals surface area contributed by atoms with Gasteiger partial charge < -0.3 is 0 Å². The number of hydrogen-bond acceptors (Lipinski definition) is 1. The highest BCUT2D eigenvalue weighted by molar-refractivity contribution is 6.45. The quantitative estimate of drug-likeness (QED) is 0.512. The Morgan fingerprint density at radius 1 is 1.09 bits per heavy atom. The van der Waals surface area contributed by atoms with Gasteiger partial charge in [-0.1, -0.05) is 0 Å². The van der Waals surface area contributed by atoms with Gasteiger partial charge in [-0.25, -0.2) is 4.39 Å². The van der Waals surface area contributed by atoms with Crippen molar-refractivity contribution in [1.82, 2.24) is 0 Å². The fraction of sp³-hybridized carbons (Fsp3) is 1.00. The third-order valence-electron chi connectivity index (χ3n) is 0.494. The zero-order valence-corrected chi connectivity index (χ0v) is 6.14. The molecule has 68 valence electrons. The Bertz CT molecular complexity index is 129. The average molecular weight is 219 g/mol.